The molecular weight excluding hydrogens is 333 g/mol. The van der Waals surface area contributed by atoms with E-state index in [2.05, 4.69) is 34.9 Å². The van der Waals surface area contributed by atoms with E-state index in [1.165, 1.54) is 30.2 Å². The summed E-state index contributed by atoms with van der Waals surface area (Å²) >= 11 is 6.67. The van der Waals surface area contributed by atoms with Gasteiger partial charge < -0.3 is 21.9 Å². The van der Waals surface area contributed by atoms with Crippen LogP contribution in [0.2, 0.25) is 5.02 Å². The topological polar surface area (TPSA) is 22.3 Å². The summed E-state index contributed by atoms with van der Waals surface area (Å²) < 4.78 is 13.5. The monoisotopic (exact) mass is 347 g/mol. The van der Waals surface area contributed by atoms with Gasteiger partial charge in [-0.25, -0.2) is 0 Å². The van der Waals surface area contributed by atoms with Gasteiger partial charge in [-0.3, -0.25) is 0 Å². The van der Waals surface area contributed by atoms with Crippen LogP contribution in [0, 0.1) is 0 Å². The van der Waals surface area contributed by atoms with Gasteiger partial charge in [-0.15, -0.1) is 0 Å². The smallest absolute Gasteiger partial charge is 0.233 e. The molecule has 118 valence electrons. The molecule has 0 spiro atoms. The largest absolute Gasteiger partial charge is 1.00 e. The van der Waals surface area contributed by atoms with Gasteiger partial charge in [-0.05, 0) is 18.6 Å². The molecule has 0 amide bonds. The maximum atomic E-state index is 6.67. The third kappa shape index (κ3) is 2.07. The number of benzene rings is 1. The summed E-state index contributed by atoms with van der Waals surface area (Å²) in [7, 11) is 0. The average molecular weight is 348 g/mol. The lowest BCUT2D eigenvalue weighted by molar-refractivity contribution is -0.696. The molecule has 23 heavy (non-hydrogen) atoms. The van der Waals surface area contributed by atoms with E-state index in [1.54, 1.807) is 0 Å². The molecule has 2 aliphatic heterocycles. The summed E-state index contributed by atoms with van der Waals surface area (Å²) in [6.45, 7) is 0.262. The van der Waals surface area contributed by atoms with Crippen molar-refractivity contribution in [3.05, 3.63) is 41.4 Å². The van der Waals surface area contributed by atoms with Crippen molar-refractivity contribution in [1.29, 1.82) is 0 Å². The molecule has 1 fully saturated rings. The Balaban J connectivity index is 0.00000135. The van der Waals surface area contributed by atoms with Crippen molar-refractivity contribution in [2.45, 2.75) is 25.3 Å². The van der Waals surface area contributed by atoms with E-state index in [0.29, 0.717) is 6.04 Å². The minimum atomic E-state index is 0. The van der Waals surface area contributed by atoms with Gasteiger partial charge in [-0.2, -0.15) is 4.57 Å². The van der Waals surface area contributed by atoms with E-state index in [9.17, 15) is 0 Å². The molecule has 1 saturated carbocycles. The van der Waals surface area contributed by atoms with E-state index in [-0.39, 0.29) is 19.2 Å². The Bertz CT molecular complexity index is 877. The second kappa shape index (κ2) is 5.43. The highest BCUT2D eigenvalue weighted by atomic mass is 35.5. The van der Waals surface area contributed by atoms with Gasteiger partial charge in [0.15, 0.2) is 17.5 Å². The van der Waals surface area contributed by atoms with Crippen molar-refractivity contribution in [2.24, 2.45) is 0 Å². The van der Waals surface area contributed by atoms with Crippen molar-refractivity contribution in [2.75, 3.05) is 6.79 Å². The van der Waals surface area contributed by atoms with Gasteiger partial charge in [0.2, 0.25) is 18.0 Å². The van der Waals surface area contributed by atoms with Gasteiger partial charge in [0.25, 0.3) is 0 Å². The minimum Gasteiger partial charge on any atom is -1.00 e. The predicted octanol–water partition coefficient (Wildman–Crippen LogP) is 1.34. The van der Waals surface area contributed by atoms with Crippen LogP contribution < -0.4 is 26.4 Å². The molecule has 4 aliphatic rings. The number of rotatable bonds is 1. The number of halogens is 2. The normalized spacial score (nSPS) is 16.4. The molecule has 2 aliphatic carbocycles. The lowest BCUT2D eigenvalue weighted by Gasteiger charge is -2.20. The van der Waals surface area contributed by atoms with Crippen LogP contribution in [0.5, 0.6) is 11.5 Å². The molecule has 0 radical (unpaired) electrons. The summed E-state index contributed by atoms with van der Waals surface area (Å²) in [6, 6.07) is 13.0. The molecule has 5 rings (SSSR count). The maximum Gasteiger partial charge on any atom is 0.233 e. The lowest BCUT2D eigenvalue weighted by Crippen LogP contribution is -3.00. The number of fused-ring (bicyclic) bond motifs is 4. The summed E-state index contributed by atoms with van der Waals surface area (Å²) in [5.74, 6) is 1.50. The Hall–Kier alpha value is -1.71. The molecule has 0 aromatic heterocycles. The van der Waals surface area contributed by atoms with Crippen LogP contribution in [0.4, 0.5) is 0 Å². The molecule has 0 N–H and O–H groups in total. The van der Waals surface area contributed by atoms with E-state index in [1.807, 2.05) is 6.07 Å². The van der Waals surface area contributed by atoms with Gasteiger partial charge in [-0.1, -0.05) is 23.7 Å². The van der Waals surface area contributed by atoms with Gasteiger partial charge in [0.05, 0.1) is 10.9 Å². The van der Waals surface area contributed by atoms with E-state index >= 15 is 0 Å². The minimum absolute atomic E-state index is 0. The van der Waals surface area contributed by atoms with Crippen LogP contribution in [-0.4, -0.2) is 6.79 Å². The lowest BCUT2D eigenvalue weighted by atomic mass is 9.92. The number of para-hydroxylation sites is 1. The molecule has 0 saturated heterocycles. The molecular formula is C18H15Cl2NO2. The molecule has 1 aromatic carbocycles. The molecule has 0 bridgehead atoms. The van der Waals surface area contributed by atoms with Gasteiger partial charge in [0.1, 0.15) is 5.02 Å². The molecule has 3 nitrogen and oxygen atoms in total. The highest BCUT2D eigenvalue weighted by Crippen LogP contribution is 2.44. The first-order chi connectivity index (χ1) is 10.8. The third-order valence-corrected chi connectivity index (χ3v) is 5.11. The zero-order valence-corrected chi connectivity index (χ0v) is 13.9. The molecule has 5 heteroatoms. The standard InChI is InChI=1S/C18H15ClNO2.ClH/c19-14-9-17-16(21-10-22-17)8-13-12-6-1-2-7-15(12)20(18(13)14)11-4-3-5-11;/h1-2,6-9,11H,3-5,10H2;1H/q+1;/p-1. The van der Waals surface area contributed by atoms with Crippen LogP contribution in [0.3, 0.4) is 0 Å². The van der Waals surface area contributed by atoms with Crippen LogP contribution in [0.1, 0.15) is 25.3 Å². The van der Waals surface area contributed by atoms with E-state index in [0.717, 1.165) is 27.8 Å². The summed E-state index contributed by atoms with van der Waals surface area (Å²) in [4.78, 5) is 0. The summed E-state index contributed by atoms with van der Waals surface area (Å²) in [5.41, 5.74) is 3.48. The highest BCUT2D eigenvalue weighted by Gasteiger charge is 2.37. The second-order valence-electron chi connectivity index (χ2n) is 6.01. The van der Waals surface area contributed by atoms with Crippen LogP contribution in [-0.2, 0) is 0 Å². The van der Waals surface area contributed by atoms with Crippen molar-refractivity contribution < 1.29 is 26.4 Å². The number of hydrogen-bond acceptors (Lipinski definition) is 2. The van der Waals surface area contributed by atoms with E-state index in [4.69, 9.17) is 21.1 Å². The highest BCUT2D eigenvalue weighted by molar-refractivity contribution is 6.33. The van der Waals surface area contributed by atoms with Crippen molar-refractivity contribution in [3.8, 4) is 22.8 Å². The van der Waals surface area contributed by atoms with Crippen LogP contribution in [0.25, 0.3) is 22.2 Å². The SMILES string of the molecule is Clc1cc2c(cc3c4ccccc4[n+](C4CCC4)c1-3)OCO2.[Cl-]. The number of aromatic nitrogens is 1. The van der Waals surface area contributed by atoms with Crippen LogP contribution >= 0.6 is 11.6 Å². The molecule has 1 aromatic rings. The van der Waals surface area contributed by atoms with Crippen LogP contribution in [0.15, 0.2) is 36.4 Å². The maximum absolute atomic E-state index is 6.67. The Morgan fingerprint density at radius 1 is 1.04 bits per heavy atom. The fraction of sp³-hybridized carbons (Fsp3) is 0.278. The van der Waals surface area contributed by atoms with Crippen molar-refractivity contribution >= 4 is 22.5 Å². The first-order valence-corrected chi connectivity index (χ1v) is 8.06. The Morgan fingerprint density at radius 3 is 2.52 bits per heavy atom. The Kier molecular flexibility index (Phi) is 3.51. The fourth-order valence-electron chi connectivity index (χ4n) is 3.54. The fourth-order valence-corrected chi connectivity index (χ4v) is 3.83. The molecule has 0 unspecified atom stereocenters. The average Bonchev–Trinajstić information content (AvgIpc) is 2.99. The van der Waals surface area contributed by atoms with Gasteiger partial charge >= 0.3 is 0 Å². The van der Waals surface area contributed by atoms with Crippen molar-refractivity contribution in [1.82, 2.24) is 0 Å². The van der Waals surface area contributed by atoms with Gasteiger partial charge in [0, 0.05) is 25.0 Å². The number of ether oxygens (including phenoxy) is 2. The Morgan fingerprint density at radius 2 is 1.78 bits per heavy atom. The zero-order chi connectivity index (χ0) is 14.7. The number of nitrogens with zero attached hydrogens (tertiary/aromatic N) is 1. The van der Waals surface area contributed by atoms with E-state index < -0.39 is 0 Å². The summed E-state index contributed by atoms with van der Waals surface area (Å²) in [5, 5.41) is 1.95. The molecule has 2 heterocycles. The molecule has 0 atom stereocenters. The predicted molar refractivity (Wildman–Crippen MR) is 84.8 cm³/mol. The third-order valence-electron chi connectivity index (χ3n) is 4.82. The summed E-state index contributed by atoms with van der Waals surface area (Å²) in [6.07, 6.45) is 3.73. The zero-order valence-electron chi connectivity index (χ0n) is 12.4. The quantitative estimate of drug-likeness (QED) is 0.620. The Labute approximate surface area is 145 Å². The van der Waals surface area contributed by atoms with Crippen molar-refractivity contribution in [3.63, 3.8) is 0 Å². The first-order valence-electron chi connectivity index (χ1n) is 7.68. The first kappa shape index (κ1) is 14.9. The number of hydrogen-bond donors (Lipinski definition) is 0. The second-order valence-corrected chi connectivity index (χ2v) is 6.41.